The van der Waals surface area contributed by atoms with Crippen LogP contribution in [0.15, 0.2) is 23.1 Å². The van der Waals surface area contributed by atoms with Gasteiger partial charge in [-0.25, -0.2) is 13.4 Å². The minimum atomic E-state index is -3.89. The fourth-order valence-corrected chi connectivity index (χ4v) is 2.97. The zero-order chi connectivity index (χ0) is 15.5. The molecular formula is C10H15N5O5S. The molecule has 11 heteroatoms. The Morgan fingerprint density at radius 3 is 2.57 bits per heavy atom. The number of nitrogens with zero attached hydrogens (tertiary/aromatic N) is 2. The number of benzene rings is 1. The van der Waals surface area contributed by atoms with Crippen LogP contribution in [-0.4, -0.2) is 44.7 Å². The molecule has 0 unspecified atom stereocenters. The van der Waals surface area contributed by atoms with Gasteiger partial charge in [0, 0.05) is 19.2 Å². The first-order valence-electron chi connectivity index (χ1n) is 6.04. The monoisotopic (exact) mass is 317 g/mol. The molecule has 116 valence electrons. The van der Waals surface area contributed by atoms with Crippen molar-refractivity contribution < 1.29 is 18.1 Å². The third-order valence-electron chi connectivity index (χ3n) is 2.89. The zero-order valence-electron chi connectivity index (χ0n) is 11.0. The van der Waals surface area contributed by atoms with E-state index >= 15 is 0 Å². The van der Waals surface area contributed by atoms with E-state index < -0.39 is 20.6 Å². The lowest BCUT2D eigenvalue weighted by molar-refractivity contribution is -0.384. The summed E-state index contributed by atoms with van der Waals surface area (Å²) in [6.07, 6.45) is 0. The highest BCUT2D eigenvalue weighted by atomic mass is 32.2. The summed E-state index contributed by atoms with van der Waals surface area (Å²) in [5, 5.41) is 12.4. The van der Waals surface area contributed by atoms with E-state index in [0.29, 0.717) is 26.3 Å². The van der Waals surface area contributed by atoms with Gasteiger partial charge < -0.3 is 10.2 Å². The molecule has 1 aliphatic rings. The Morgan fingerprint density at radius 2 is 2.00 bits per heavy atom. The first-order chi connectivity index (χ1) is 9.94. The Kier molecular flexibility index (Phi) is 4.69. The van der Waals surface area contributed by atoms with E-state index in [1.165, 1.54) is 17.1 Å². The summed E-state index contributed by atoms with van der Waals surface area (Å²) in [4.78, 5) is 12.4. The first kappa shape index (κ1) is 15.6. The van der Waals surface area contributed by atoms with E-state index in [9.17, 15) is 18.5 Å². The molecule has 21 heavy (non-hydrogen) atoms. The van der Waals surface area contributed by atoms with Crippen molar-refractivity contribution >= 4 is 21.4 Å². The quantitative estimate of drug-likeness (QED) is 0.372. The predicted octanol–water partition coefficient (Wildman–Crippen LogP) is -0.594. The minimum absolute atomic E-state index is 0.0327. The summed E-state index contributed by atoms with van der Waals surface area (Å²) >= 11 is 0. The number of sulfonamides is 1. The smallest absolute Gasteiger partial charge is 0.294 e. The Balaban J connectivity index is 2.27. The number of hydrogen-bond acceptors (Lipinski definition) is 8. The van der Waals surface area contributed by atoms with Crippen molar-refractivity contribution in [3.05, 3.63) is 28.3 Å². The summed E-state index contributed by atoms with van der Waals surface area (Å²) in [6.45, 7) is 1.64. The second kappa shape index (κ2) is 6.32. The standard InChI is InChI=1S/C10H15N5O5S/c11-12-9-2-1-8(7-10(9)15(16)17)21(18,19)13-14-3-5-20-6-4-14/h1-2,7,12-13H,3-6,11H2. The molecule has 0 radical (unpaired) electrons. The molecule has 1 aromatic rings. The van der Waals surface area contributed by atoms with Crippen LogP contribution in [0.3, 0.4) is 0 Å². The van der Waals surface area contributed by atoms with Crippen LogP contribution >= 0.6 is 0 Å². The molecule has 1 fully saturated rings. The number of hydrogen-bond donors (Lipinski definition) is 3. The van der Waals surface area contributed by atoms with E-state index in [2.05, 4.69) is 10.3 Å². The van der Waals surface area contributed by atoms with Gasteiger partial charge in [-0.15, -0.1) is 4.83 Å². The molecule has 0 saturated carbocycles. The van der Waals surface area contributed by atoms with Crippen molar-refractivity contribution in [2.24, 2.45) is 5.84 Å². The number of nitrogens with two attached hydrogens (primary N) is 1. The molecule has 1 heterocycles. The fourth-order valence-electron chi connectivity index (χ4n) is 1.83. The summed E-state index contributed by atoms with van der Waals surface area (Å²) < 4.78 is 29.5. The molecule has 0 bridgehead atoms. The van der Waals surface area contributed by atoms with Gasteiger partial charge >= 0.3 is 0 Å². The maximum Gasteiger partial charge on any atom is 0.294 e. The summed E-state index contributed by atoms with van der Waals surface area (Å²) in [5.74, 6) is 5.16. The van der Waals surface area contributed by atoms with Crippen LogP contribution in [0.2, 0.25) is 0 Å². The molecule has 4 N–H and O–H groups in total. The number of anilines is 1. The van der Waals surface area contributed by atoms with Gasteiger partial charge in [0.1, 0.15) is 5.69 Å². The largest absolute Gasteiger partial charge is 0.379 e. The molecule has 0 spiro atoms. The highest BCUT2D eigenvalue weighted by Gasteiger charge is 2.24. The highest BCUT2D eigenvalue weighted by molar-refractivity contribution is 7.89. The second-order valence-electron chi connectivity index (χ2n) is 4.27. The average Bonchev–Trinajstić information content (AvgIpc) is 2.47. The first-order valence-corrected chi connectivity index (χ1v) is 7.52. The fraction of sp³-hybridized carbons (Fsp3) is 0.400. The van der Waals surface area contributed by atoms with Crippen LogP contribution < -0.4 is 16.1 Å². The van der Waals surface area contributed by atoms with Gasteiger partial charge in [-0.2, -0.15) is 0 Å². The third kappa shape index (κ3) is 3.65. The Labute approximate surface area is 121 Å². The molecule has 0 atom stereocenters. The summed E-state index contributed by atoms with van der Waals surface area (Å²) in [6, 6.07) is 3.44. The second-order valence-corrected chi connectivity index (χ2v) is 5.94. The molecule has 10 nitrogen and oxygen atoms in total. The van der Waals surface area contributed by atoms with Gasteiger partial charge in [-0.1, -0.05) is 0 Å². The molecule has 0 amide bonds. The topological polar surface area (TPSA) is 140 Å². The van der Waals surface area contributed by atoms with Crippen molar-refractivity contribution in [3.63, 3.8) is 0 Å². The van der Waals surface area contributed by atoms with E-state index in [0.717, 1.165) is 6.07 Å². The normalized spacial score (nSPS) is 16.6. The van der Waals surface area contributed by atoms with Crippen molar-refractivity contribution in [1.29, 1.82) is 0 Å². The third-order valence-corrected chi connectivity index (χ3v) is 4.27. The Hall–Kier alpha value is -1.79. The lowest BCUT2D eigenvalue weighted by Crippen LogP contribution is -2.48. The molecule has 0 aliphatic carbocycles. The van der Waals surface area contributed by atoms with E-state index in [1.807, 2.05) is 0 Å². The van der Waals surface area contributed by atoms with Gasteiger partial charge in [0.15, 0.2) is 0 Å². The van der Waals surface area contributed by atoms with Gasteiger partial charge in [0.2, 0.25) is 0 Å². The lowest BCUT2D eigenvalue weighted by Gasteiger charge is -2.26. The van der Waals surface area contributed by atoms with Gasteiger partial charge in [-0.05, 0) is 12.1 Å². The minimum Gasteiger partial charge on any atom is -0.379 e. The number of nitrogens with one attached hydrogen (secondary N) is 2. The van der Waals surface area contributed by atoms with Crippen molar-refractivity contribution in [1.82, 2.24) is 9.84 Å². The number of ether oxygens (including phenoxy) is 1. The number of nitrogen functional groups attached to an aromatic ring is 1. The van der Waals surface area contributed by atoms with E-state index in [-0.39, 0.29) is 10.6 Å². The number of nitro benzene ring substituents is 1. The van der Waals surface area contributed by atoms with Crippen LogP contribution in [-0.2, 0) is 14.8 Å². The van der Waals surface area contributed by atoms with Crippen LogP contribution in [0.5, 0.6) is 0 Å². The maximum atomic E-state index is 12.2. The number of morpholine rings is 1. The molecule has 1 aromatic carbocycles. The lowest BCUT2D eigenvalue weighted by atomic mass is 10.3. The number of nitro groups is 1. The highest BCUT2D eigenvalue weighted by Crippen LogP contribution is 2.26. The SMILES string of the molecule is NNc1ccc(S(=O)(=O)NN2CCOCC2)cc1[N+](=O)[O-]. The van der Waals surface area contributed by atoms with Gasteiger partial charge in [-0.3, -0.25) is 16.0 Å². The van der Waals surface area contributed by atoms with Gasteiger partial charge in [0.25, 0.3) is 15.7 Å². The number of hydrazine groups is 2. The summed E-state index contributed by atoms with van der Waals surface area (Å²) in [7, 11) is -3.89. The zero-order valence-corrected chi connectivity index (χ0v) is 11.8. The molecule has 1 aliphatic heterocycles. The Bertz CT molecular complexity index is 629. The summed E-state index contributed by atoms with van der Waals surface area (Å²) in [5.41, 5.74) is 1.77. The average molecular weight is 317 g/mol. The number of rotatable bonds is 5. The van der Waals surface area contributed by atoms with E-state index in [4.69, 9.17) is 10.6 Å². The molecule has 2 rings (SSSR count). The van der Waals surface area contributed by atoms with Gasteiger partial charge in [0.05, 0.1) is 23.0 Å². The van der Waals surface area contributed by atoms with Crippen LogP contribution in [0.4, 0.5) is 11.4 Å². The predicted molar refractivity (Wildman–Crippen MR) is 73.6 cm³/mol. The molecule has 1 saturated heterocycles. The molecular weight excluding hydrogens is 302 g/mol. The van der Waals surface area contributed by atoms with Crippen LogP contribution in [0.1, 0.15) is 0 Å². The van der Waals surface area contributed by atoms with E-state index in [1.54, 1.807) is 0 Å². The van der Waals surface area contributed by atoms with Crippen molar-refractivity contribution in [2.45, 2.75) is 4.90 Å². The maximum absolute atomic E-state index is 12.2. The van der Waals surface area contributed by atoms with Crippen molar-refractivity contribution in [3.8, 4) is 0 Å². The van der Waals surface area contributed by atoms with Crippen LogP contribution in [0.25, 0.3) is 0 Å². The Morgan fingerprint density at radius 1 is 1.33 bits per heavy atom. The molecule has 0 aromatic heterocycles. The van der Waals surface area contributed by atoms with Crippen LogP contribution in [0, 0.1) is 10.1 Å². The van der Waals surface area contributed by atoms with Crippen molar-refractivity contribution in [2.75, 3.05) is 31.7 Å².